The van der Waals surface area contributed by atoms with Crippen LogP contribution in [0.4, 0.5) is 13.2 Å². The molecule has 0 heterocycles. The zero-order valence-corrected chi connectivity index (χ0v) is 10.9. The summed E-state index contributed by atoms with van der Waals surface area (Å²) < 4.78 is 85.1. The molecule has 12 heteroatoms. The average molecular weight is 330 g/mol. The van der Waals surface area contributed by atoms with E-state index < -0.39 is 42.4 Å². The van der Waals surface area contributed by atoms with Gasteiger partial charge in [-0.3, -0.25) is 4.74 Å². The van der Waals surface area contributed by atoms with Crippen LogP contribution in [0.3, 0.4) is 0 Å². The first-order valence-corrected chi connectivity index (χ1v) is 7.22. The Morgan fingerprint density at radius 2 is 2.00 bits per heavy atom. The van der Waals surface area contributed by atoms with Crippen LogP contribution in [0.1, 0.15) is 0 Å². The van der Waals surface area contributed by atoms with Gasteiger partial charge < -0.3 is 5.53 Å². The molecule has 7 nitrogen and oxygen atoms in total. The molecule has 1 aliphatic carbocycles. The quantitative estimate of drug-likeness (QED) is 0.239. The smallest absolute Gasteiger partial charge is 0.361 e. The van der Waals surface area contributed by atoms with E-state index in [4.69, 9.17) is 5.53 Å². The van der Waals surface area contributed by atoms with Crippen molar-refractivity contribution in [2.24, 2.45) is 0 Å². The van der Waals surface area contributed by atoms with Gasteiger partial charge in [-0.15, -0.1) is 13.2 Å². The first-order chi connectivity index (χ1) is 9.08. The number of rotatable bonds is 3. The van der Waals surface area contributed by atoms with Crippen LogP contribution >= 0.6 is 0 Å². The molecule has 0 saturated carbocycles. The van der Waals surface area contributed by atoms with Crippen LogP contribution in [0.2, 0.25) is 0 Å². The van der Waals surface area contributed by atoms with Gasteiger partial charge in [0.05, 0.1) is 4.91 Å². The Bertz CT molecular complexity index is 746. The van der Waals surface area contributed by atoms with Crippen LogP contribution < -0.4 is 0 Å². The highest BCUT2D eigenvalue weighted by molar-refractivity contribution is 8.07. The molecular formula is C8H5F3N2O5S2. The predicted octanol–water partition coefficient (Wildman–Crippen LogP) is 0.0695. The van der Waals surface area contributed by atoms with Gasteiger partial charge >= 0.3 is 11.9 Å². The SMILES string of the molecule is [N-]=[N+]=CS(=O)(=O)C1=CC=CC(=S(=O)=O)C1OC(F)(F)F. The lowest BCUT2D eigenvalue weighted by molar-refractivity contribution is -0.328. The van der Waals surface area contributed by atoms with Crippen molar-refractivity contribution in [1.29, 1.82) is 0 Å². The van der Waals surface area contributed by atoms with Crippen molar-refractivity contribution in [1.82, 2.24) is 0 Å². The zero-order valence-electron chi connectivity index (χ0n) is 9.27. The summed E-state index contributed by atoms with van der Waals surface area (Å²) >= 11 is 0. The van der Waals surface area contributed by atoms with Crippen LogP contribution in [0, 0.1) is 0 Å². The molecule has 1 aliphatic rings. The predicted molar refractivity (Wildman–Crippen MR) is 60.7 cm³/mol. The van der Waals surface area contributed by atoms with E-state index in [2.05, 4.69) is 9.53 Å². The van der Waals surface area contributed by atoms with Crippen LogP contribution in [0.15, 0.2) is 23.1 Å². The molecular weight excluding hydrogens is 325 g/mol. The van der Waals surface area contributed by atoms with Gasteiger partial charge in [0.25, 0.3) is 9.84 Å². The fourth-order valence-corrected chi connectivity index (χ4v) is 2.91. The number of ether oxygens (including phenoxy) is 1. The lowest BCUT2D eigenvalue weighted by Gasteiger charge is -2.21. The minimum Gasteiger partial charge on any atom is -0.361 e. The Hall–Kier alpha value is -1.75. The Morgan fingerprint density at radius 1 is 1.40 bits per heavy atom. The van der Waals surface area contributed by atoms with E-state index in [1.807, 2.05) is 0 Å². The first kappa shape index (κ1) is 16.3. The highest BCUT2D eigenvalue weighted by Gasteiger charge is 2.42. The zero-order chi connectivity index (χ0) is 15.6. The van der Waals surface area contributed by atoms with Crippen molar-refractivity contribution in [3.05, 3.63) is 28.7 Å². The van der Waals surface area contributed by atoms with E-state index in [1.165, 1.54) is 0 Å². The van der Waals surface area contributed by atoms with Crippen LogP contribution in [-0.4, -0.2) is 44.5 Å². The molecule has 0 aromatic heterocycles. The van der Waals surface area contributed by atoms with Gasteiger partial charge in [0.1, 0.15) is 11.0 Å². The van der Waals surface area contributed by atoms with Crippen molar-refractivity contribution in [3.8, 4) is 0 Å². The molecule has 0 aliphatic heterocycles. The van der Waals surface area contributed by atoms with Crippen molar-refractivity contribution < 1.29 is 39.5 Å². The summed E-state index contributed by atoms with van der Waals surface area (Å²) in [7, 11) is -7.71. The van der Waals surface area contributed by atoms with Gasteiger partial charge in [-0.05, 0) is 12.2 Å². The molecule has 0 fully saturated rings. The molecule has 1 unspecified atom stereocenters. The van der Waals surface area contributed by atoms with Gasteiger partial charge in [0.2, 0.25) is 10.3 Å². The topological polar surface area (TPSA) is 114 Å². The Labute approximate surface area is 112 Å². The monoisotopic (exact) mass is 330 g/mol. The molecule has 0 bridgehead atoms. The van der Waals surface area contributed by atoms with Gasteiger partial charge in [-0.2, -0.15) is 13.2 Å². The number of sulfone groups is 1. The van der Waals surface area contributed by atoms with Crippen molar-refractivity contribution in [2.75, 3.05) is 0 Å². The van der Waals surface area contributed by atoms with E-state index in [9.17, 15) is 30.0 Å². The highest BCUT2D eigenvalue weighted by Crippen LogP contribution is 2.27. The second-order valence-electron chi connectivity index (χ2n) is 3.27. The summed E-state index contributed by atoms with van der Waals surface area (Å²) in [5, 5.41) is 0. The highest BCUT2D eigenvalue weighted by atomic mass is 32.2. The maximum absolute atomic E-state index is 12.3. The number of hydrogen-bond donors (Lipinski definition) is 0. The summed E-state index contributed by atoms with van der Waals surface area (Å²) in [6.45, 7) is 0. The molecule has 0 N–H and O–H groups in total. The number of hydrogen-bond acceptors (Lipinski definition) is 5. The fourth-order valence-electron chi connectivity index (χ4n) is 1.31. The van der Waals surface area contributed by atoms with Gasteiger partial charge in [-0.25, -0.2) is 8.42 Å². The normalized spacial score (nSPS) is 19.2. The molecule has 0 amide bonds. The van der Waals surface area contributed by atoms with Crippen LogP contribution in [-0.2, 0) is 24.9 Å². The van der Waals surface area contributed by atoms with Crippen molar-refractivity contribution in [2.45, 2.75) is 12.5 Å². The second-order valence-corrected chi connectivity index (χ2v) is 5.99. The molecule has 1 atom stereocenters. The van der Waals surface area contributed by atoms with Crippen LogP contribution in [0.25, 0.3) is 5.53 Å². The van der Waals surface area contributed by atoms with E-state index >= 15 is 0 Å². The van der Waals surface area contributed by atoms with Gasteiger partial charge in [0.15, 0.2) is 0 Å². The Kier molecular flexibility index (Phi) is 4.65. The molecule has 0 spiro atoms. The fraction of sp³-hybridized carbons (Fsp3) is 0.250. The number of nitrogens with zero attached hydrogens (tertiary/aromatic N) is 2. The molecule has 0 saturated heterocycles. The average Bonchev–Trinajstić information content (AvgIpc) is 2.26. The lowest BCUT2D eigenvalue weighted by atomic mass is 10.1. The minimum atomic E-state index is -5.27. The number of halogens is 3. The first-order valence-electron chi connectivity index (χ1n) is 4.60. The molecule has 0 aromatic carbocycles. The summed E-state index contributed by atoms with van der Waals surface area (Å²) in [6, 6.07) is 0. The van der Waals surface area contributed by atoms with Crippen molar-refractivity contribution in [3.63, 3.8) is 0 Å². The standard InChI is InChI=1S/C8H5F3N2O5S2/c9-8(10,11)18-7-5(19(14)15)2-1-3-6(7)20(16,17)4-13-12/h1-4,7H. The summed E-state index contributed by atoms with van der Waals surface area (Å²) in [5.41, 5.74) is 8.15. The van der Waals surface area contributed by atoms with Gasteiger partial charge in [-0.1, -0.05) is 6.08 Å². The van der Waals surface area contributed by atoms with E-state index in [1.54, 1.807) is 0 Å². The largest absolute Gasteiger partial charge is 0.523 e. The third-order valence-corrected chi connectivity index (χ3v) is 4.11. The minimum absolute atomic E-state index is 0.0317. The maximum Gasteiger partial charge on any atom is 0.523 e. The lowest BCUT2D eigenvalue weighted by Crippen LogP contribution is -2.36. The summed E-state index contributed by atoms with van der Waals surface area (Å²) in [6.07, 6.45) is -5.29. The van der Waals surface area contributed by atoms with Crippen LogP contribution in [0.5, 0.6) is 0 Å². The molecule has 0 aromatic rings. The maximum atomic E-state index is 12.3. The third kappa shape index (κ3) is 3.87. The van der Waals surface area contributed by atoms with E-state index in [0.29, 0.717) is 6.08 Å². The summed E-state index contributed by atoms with van der Waals surface area (Å²) in [5.74, 6) is 0. The summed E-state index contributed by atoms with van der Waals surface area (Å²) in [4.78, 5) is 0.265. The molecule has 20 heavy (non-hydrogen) atoms. The van der Waals surface area contributed by atoms with Gasteiger partial charge in [0, 0.05) is 0 Å². The van der Waals surface area contributed by atoms with E-state index in [-0.39, 0.29) is 5.55 Å². The second kappa shape index (κ2) is 5.71. The molecule has 0 radical (unpaired) electrons. The number of alkyl halides is 3. The molecule has 1 rings (SSSR count). The van der Waals surface area contributed by atoms with E-state index in [0.717, 1.165) is 12.2 Å². The third-order valence-electron chi connectivity index (χ3n) is 2.00. The Morgan fingerprint density at radius 3 is 2.45 bits per heavy atom. The van der Waals surface area contributed by atoms with Crippen molar-refractivity contribution >= 4 is 30.5 Å². The Balaban J connectivity index is 3.49. The number of allylic oxidation sites excluding steroid dienone is 2. The molecule has 110 valence electrons.